The van der Waals surface area contributed by atoms with Gasteiger partial charge in [0.25, 0.3) is 5.91 Å². The number of nitrogens with zero attached hydrogens (tertiary/aromatic N) is 4. The largest absolute Gasteiger partial charge is 0.419 e. The molecule has 1 aliphatic heterocycles. The van der Waals surface area contributed by atoms with Crippen molar-refractivity contribution in [2.75, 3.05) is 9.80 Å². The van der Waals surface area contributed by atoms with Crippen molar-refractivity contribution in [3.8, 4) is 6.07 Å². The molecule has 4 rings (SSSR count). The molecule has 1 saturated carbocycles. The second kappa shape index (κ2) is 6.60. The number of nitrogens with one attached hydrogen (secondary N) is 1. The molecule has 154 valence electrons. The fraction of sp³-hybridized carbons (Fsp3) is 0.278. The smallest absolute Gasteiger partial charge is 0.327 e. The number of hydrogen-bond acceptors (Lipinski definition) is 7. The van der Waals surface area contributed by atoms with Crippen molar-refractivity contribution < 1.29 is 22.8 Å². The lowest BCUT2D eigenvalue weighted by Gasteiger charge is -2.42. The summed E-state index contributed by atoms with van der Waals surface area (Å²) < 4.78 is 40.1. The number of ketones is 1. The van der Waals surface area contributed by atoms with Crippen LogP contribution in [0.4, 0.5) is 24.5 Å². The summed E-state index contributed by atoms with van der Waals surface area (Å²) in [5, 5.41) is 8.93. The Morgan fingerprint density at radius 2 is 2.00 bits per heavy atom. The topological polar surface area (TPSA) is 110 Å². The zero-order chi connectivity index (χ0) is 21.8. The molecule has 2 aromatic heterocycles. The van der Waals surface area contributed by atoms with E-state index in [0.717, 1.165) is 11.1 Å². The molecule has 2 aliphatic rings. The summed E-state index contributed by atoms with van der Waals surface area (Å²) in [7, 11) is 0. The van der Waals surface area contributed by atoms with Gasteiger partial charge in [0.05, 0.1) is 23.1 Å². The molecule has 2 fully saturated rings. The minimum absolute atomic E-state index is 0.124. The summed E-state index contributed by atoms with van der Waals surface area (Å²) in [5.74, 6) is -1.15. The van der Waals surface area contributed by atoms with E-state index >= 15 is 0 Å². The minimum Gasteiger partial charge on any atom is -0.327 e. The number of rotatable bonds is 2. The highest BCUT2D eigenvalue weighted by atomic mass is 32.1. The Kier molecular flexibility index (Phi) is 4.39. The molecule has 1 saturated heterocycles. The molecule has 0 bridgehead atoms. The third-order valence-corrected chi connectivity index (χ3v) is 5.69. The van der Waals surface area contributed by atoms with Crippen LogP contribution in [0.5, 0.6) is 0 Å². The van der Waals surface area contributed by atoms with Crippen molar-refractivity contribution in [2.45, 2.75) is 30.1 Å². The van der Waals surface area contributed by atoms with Crippen LogP contribution in [0.3, 0.4) is 0 Å². The van der Waals surface area contributed by atoms with Crippen LogP contribution < -0.4 is 15.4 Å². The van der Waals surface area contributed by atoms with E-state index in [-0.39, 0.29) is 18.5 Å². The van der Waals surface area contributed by atoms with Gasteiger partial charge in [0.1, 0.15) is 6.07 Å². The van der Waals surface area contributed by atoms with E-state index in [1.807, 2.05) is 0 Å². The first-order chi connectivity index (χ1) is 14.1. The molecule has 1 amide bonds. The van der Waals surface area contributed by atoms with Crippen LogP contribution in [0.2, 0.25) is 0 Å². The van der Waals surface area contributed by atoms with Gasteiger partial charge >= 0.3 is 6.18 Å². The first-order valence-corrected chi connectivity index (χ1v) is 9.13. The summed E-state index contributed by atoms with van der Waals surface area (Å²) in [4.78, 5) is 45.5. The summed E-state index contributed by atoms with van der Waals surface area (Å²) in [6.45, 7) is 0. The molecule has 2 aromatic rings. The molecule has 1 aliphatic carbocycles. The molecule has 1 spiro atoms. The van der Waals surface area contributed by atoms with E-state index in [9.17, 15) is 27.6 Å². The number of carbonyl (C=O) groups is 2. The molecule has 12 heteroatoms. The van der Waals surface area contributed by atoms with Crippen molar-refractivity contribution in [1.82, 2.24) is 9.97 Å². The molecule has 30 heavy (non-hydrogen) atoms. The van der Waals surface area contributed by atoms with Crippen LogP contribution in [-0.2, 0) is 15.8 Å². The van der Waals surface area contributed by atoms with Crippen LogP contribution in [0.1, 0.15) is 24.1 Å². The molecule has 1 N–H and O–H groups in total. The van der Waals surface area contributed by atoms with Gasteiger partial charge in [-0.2, -0.15) is 18.4 Å². The van der Waals surface area contributed by atoms with Gasteiger partial charge in [-0.05, 0) is 18.6 Å². The van der Waals surface area contributed by atoms with E-state index in [4.69, 9.17) is 5.26 Å². The number of carbonyl (C=O) groups excluding carboxylic acids is 2. The molecule has 0 aromatic carbocycles. The molecular weight excluding hydrogens is 423 g/mol. The molecule has 2 atom stereocenters. The van der Waals surface area contributed by atoms with Gasteiger partial charge < -0.3 is 9.88 Å². The predicted octanol–water partition coefficient (Wildman–Crippen LogP) is 1.83. The SMILES string of the molecule is N#Cc1ncc(N2C(=O)C3(CCC3=O)N(c3ccc(=O)[nH]c3)C2S)cc1C(F)(F)F. The van der Waals surface area contributed by atoms with Crippen LogP contribution in [0.15, 0.2) is 35.4 Å². The number of pyridine rings is 2. The first-order valence-electron chi connectivity index (χ1n) is 8.61. The van der Waals surface area contributed by atoms with E-state index < -0.39 is 45.7 Å². The monoisotopic (exact) mass is 435 g/mol. The lowest BCUT2D eigenvalue weighted by atomic mass is 9.74. The van der Waals surface area contributed by atoms with Crippen molar-refractivity contribution in [3.63, 3.8) is 0 Å². The second-order valence-corrected chi connectivity index (χ2v) is 7.25. The average molecular weight is 435 g/mol. The van der Waals surface area contributed by atoms with Gasteiger partial charge in [-0.1, -0.05) is 0 Å². The maximum Gasteiger partial charge on any atom is 0.419 e. The number of aromatic amines is 1. The molecule has 2 unspecified atom stereocenters. The summed E-state index contributed by atoms with van der Waals surface area (Å²) in [6.07, 6.45) is -2.34. The number of hydrogen-bond donors (Lipinski definition) is 2. The van der Waals surface area contributed by atoms with Gasteiger partial charge in [-0.15, -0.1) is 12.6 Å². The predicted molar refractivity (Wildman–Crippen MR) is 101 cm³/mol. The number of amides is 1. The number of nitriles is 1. The van der Waals surface area contributed by atoms with Crippen LogP contribution >= 0.6 is 12.6 Å². The Bertz CT molecular complexity index is 1150. The highest BCUT2D eigenvalue weighted by Crippen LogP contribution is 2.48. The van der Waals surface area contributed by atoms with Crippen LogP contribution in [0.25, 0.3) is 0 Å². The fourth-order valence-corrected chi connectivity index (χ4v) is 4.28. The second-order valence-electron chi connectivity index (χ2n) is 6.79. The summed E-state index contributed by atoms with van der Waals surface area (Å²) in [6, 6.07) is 4.61. The van der Waals surface area contributed by atoms with Crippen molar-refractivity contribution >= 4 is 35.7 Å². The van der Waals surface area contributed by atoms with Gasteiger partial charge in [0, 0.05) is 18.7 Å². The maximum absolute atomic E-state index is 13.4. The number of aromatic nitrogens is 2. The Morgan fingerprint density at radius 3 is 2.50 bits per heavy atom. The van der Waals surface area contributed by atoms with Gasteiger partial charge in [0.15, 0.2) is 22.5 Å². The standard InChI is InChI=1S/C18H12F3N5O3S/c19-18(20,21)11-5-10(8-23-12(11)6-22)25-15(29)17(4-3-13(17)27)26(16(25)30)9-1-2-14(28)24-7-9/h1-2,5,7-8,16,30H,3-4H2,(H,24,28). The Hall–Kier alpha value is -3.33. The van der Waals surface area contributed by atoms with E-state index in [0.29, 0.717) is 11.8 Å². The summed E-state index contributed by atoms with van der Waals surface area (Å²) >= 11 is 4.40. The van der Waals surface area contributed by atoms with Gasteiger partial charge in [0.2, 0.25) is 5.56 Å². The molecule has 8 nitrogen and oxygen atoms in total. The van der Waals surface area contributed by atoms with Crippen LogP contribution in [-0.4, -0.2) is 32.7 Å². The normalized spacial score (nSPS) is 23.6. The third kappa shape index (κ3) is 2.69. The number of thiol groups is 1. The fourth-order valence-electron chi connectivity index (χ4n) is 3.71. The van der Waals surface area contributed by atoms with Crippen molar-refractivity contribution in [1.29, 1.82) is 5.26 Å². The number of alkyl halides is 3. The highest BCUT2D eigenvalue weighted by Gasteiger charge is 2.66. The van der Waals surface area contributed by atoms with E-state index in [1.165, 1.54) is 29.3 Å². The quantitative estimate of drug-likeness (QED) is 0.550. The third-order valence-electron chi connectivity index (χ3n) is 5.23. The number of H-pyrrole nitrogens is 1. The maximum atomic E-state index is 13.4. The van der Waals surface area contributed by atoms with E-state index in [2.05, 4.69) is 22.6 Å². The number of anilines is 2. The lowest BCUT2D eigenvalue weighted by molar-refractivity contribution is -0.140. The molecular formula is C18H12F3N5O3S. The van der Waals surface area contributed by atoms with Crippen molar-refractivity contribution in [3.05, 3.63) is 52.2 Å². The molecule has 0 radical (unpaired) electrons. The first kappa shape index (κ1) is 20.0. The number of Topliss-reactive ketones (excluding diaryl/α,β-unsaturated/α-hetero) is 1. The zero-order valence-corrected chi connectivity index (χ0v) is 15.9. The zero-order valence-electron chi connectivity index (χ0n) is 15.0. The Labute approximate surface area is 172 Å². The molecule has 3 heterocycles. The lowest BCUT2D eigenvalue weighted by Crippen LogP contribution is -2.63. The van der Waals surface area contributed by atoms with Gasteiger partial charge in [-0.25, -0.2) is 4.98 Å². The Balaban J connectivity index is 1.86. The van der Waals surface area contributed by atoms with E-state index in [1.54, 1.807) is 0 Å². The Morgan fingerprint density at radius 1 is 1.27 bits per heavy atom. The average Bonchev–Trinajstić information content (AvgIpc) is 2.95. The van der Waals surface area contributed by atoms with Crippen molar-refractivity contribution in [2.24, 2.45) is 0 Å². The number of halogens is 3. The van der Waals surface area contributed by atoms with Crippen LogP contribution in [0, 0.1) is 11.3 Å². The minimum atomic E-state index is -4.87. The van der Waals surface area contributed by atoms with Gasteiger partial charge in [-0.3, -0.25) is 19.3 Å². The highest BCUT2D eigenvalue weighted by molar-refractivity contribution is 7.81. The summed E-state index contributed by atoms with van der Waals surface area (Å²) in [5.41, 5.74) is -5.27.